The Kier molecular flexibility index (Phi) is 3.76. The highest BCUT2D eigenvalue weighted by molar-refractivity contribution is 6.29. The molecule has 0 atom stereocenters. The molecule has 0 unspecified atom stereocenters. The molecule has 0 bridgehead atoms. The molecule has 19 heavy (non-hydrogen) atoms. The number of rotatable bonds is 2. The molecule has 0 fully saturated rings. The van der Waals surface area contributed by atoms with Gasteiger partial charge in [-0.25, -0.2) is 9.97 Å². The maximum Gasteiger partial charge on any atom is 0.136 e. The van der Waals surface area contributed by atoms with E-state index in [1.807, 2.05) is 24.3 Å². The van der Waals surface area contributed by atoms with Gasteiger partial charge < -0.3 is 4.74 Å². The van der Waals surface area contributed by atoms with Crippen LogP contribution < -0.4 is 4.74 Å². The number of hydrogen-bond acceptors (Lipinski definition) is 3. The Balaban J connectivity index is 2.53. The van der Waals surface area contributed by atoms with E-state index in [4.69, 9.17) is 16.3 Å². The normalized spacial score (nSPS) is 11.4. The molecular formula is C15H17ClN2O. The van der Waals surface area contributed by atoms with E-state index in [-0.39, 0.29) is 5.41 Å². The summed E-state index contributed by atoms with van der Waals surface area (Å²) in [5.74, 6) is 1.53. The van der Waals surface area contributed by atoms with Crippen LogP contribution in [0.3, 0.4) is 0 Å². The van der Waals surface area contributed by atoms with Crippen LogP contribution in [0.25, 0.3) is 11.3 Å². The lowest BCUT2D eigenvalue weighted by atomic mass is 9.95. The first-order valence-electron chi connectivity index (χ1n) is 6.09. The number of ether oxygens (including phenoxy) is 1. The van der Waals surface area contributed by atoms with Crippen molar-refractivity contribution in [2.24, 2.45) is 0 Å². The fraction of sp³-hybridized carbons (Fsp3) is 0.333. The molecule has 2 rings (SSSR count). The number of methoxy groups -OCH3 is 1. The van der Waals surface area contributed by atoms with Gasteiger partial charge in [-0.15, -0.1) is 0 Å². The van der Waals surface area contributed by atoms with Crippen LogP contribution in [0.5, 0.6) is 5.75 Å². The van der Waals surface area contributed by atoms with Crippen molar-refractivity contribution in [1.29, 1.82) is 0 Å². The SMILES string of the molecule is COc1cccc(-c2cc(Cl)nc(C(C)(C)C)n2)c1. The first-order valence-corrected chi connectivity index (χ1v) is 6.47. The molecule has 0 radical (unpaired) electrons. The summed E-state index contributed by atoms with van der Waals surface area (Å²) in [6.07, 6.45) is 0. The van der Waals surface area contributed by atoms with E-state index in [9.17, 15) is 0 Å². The standard InChI is InChI=1S/C15H17ClN2O/c1-15(2,3)14-17-12(9-13(16)18-14)10-6-5-7-11(8-10)19-4/h5-9H,1-4H3. The van der Waals surface area contributed by atoms with Crippen LogP contribution in [0.4, 0.5) is 0 Å². The van der Waals surface area contributed by atoms with Gasteiger partial charge in [0.05, 0.1) is 12.8 Å². The summed E-state index contributed by atoms with van der Waals surface area (Å²) >= 11 is 6.10. The number of benzene rings is 1. The molecule has 0 saturated carbocycles. The zero-order chi connectivity index (χ0) is 14.0. The van der Waals surface area contributed by atoms with Gasteiger partial charge in [-0.2, -0.15) is 0 Å². The van der Waals surface area contributed by atoms with Crippen molar-refractivity contribution in [3.8, 4) is 17.0 Å². The van der Waals surface area contributed by atoms with E-state index in [1.165, 1.54) is 0 Å². The van der Waals surface area contributed by atoms with E-state index in [1.54, 1.807) is 13.2 Å². The molecule has 0 amide bonds. The molecule has 1 aromatic carbocycles. The maximum absolute atomic E-state index is 6.10. The second-order valence-corrected chi connectivity index (χ2v) is 5.77. The van der Waals surface area contributed by atoms with Crippen molar-refractivity contribution in [2.75, 3.05) is 7.11 Å². The highest BCUT2D eigenvalue weighted by atomic mass is 35.5. The second kappa shape index (κ2) is 5.17. The third-order valence-corrected chi connectivity index (χ3v) is 2.92. The summed E-state index contributed by atoms with van der Waals surface area (Å²) in [6, 6.07) is 9.52. The van der Waals surface area contributed by atoms with Gasteiger partial charge in [-0.1, -0.05) is 44.5 Å². The molecule has 0 spiro atoms. The number of aromatic nitrogens is 2. The predicted octanol–water partition coefficient (Wildman–Crippen LogP) is 4.10. The van der Waals surface area contributed by atoms with Crippen LogP contribution in [0, 0.1) is 0 Å². The van der Waals surface area contributed by atoms with Crippen LogP contribution in [-0.2, 0) is 5.41 Å². The third kappa shape index (κ3) is 3.24. The van der Waals surface area contributed by atoms with Crippen LogP contribution >= 0.6 is 11.6 Å². The van der Waals surface area contributed by atoms with Gasteiger partial charge in [0.25, 0.3) is 0 Å². The Morgan fingerprint density at radius 2 is 1.84 bits per heavy atom. The largest absolute Gasteiger partial charge is 0.497 e. The van der Waals surface area contributed by atoms with E-state index in [2.05, 4.69) is 30.7 Å². The molecule has 0 aliphatic rings. The van der Waals surface area contributed by atoms with Crippen molar-refractivity contribution in [2.45, 2.75) is 26.2 Å². The van der Waals surface area contributed by atoms with Gasteiger partial charge in [-0.05, 0) is 12.1 Å². The predicted molar refractivity (Wildman–Crippen MR) is 77.7 cm³/mol. The topological polar surface area (TPSA) is 35.0 Å². The monoisotopic (exact) mass is 276 g/mol. The Morgan fingerprint density at radius 1 is 1.11 bits per heavy atom. The van der Waals surface area contributed by atoms with Gasteiger partial charge in [0.15, 0.2) is 0 Å². The van der Waals surface area contributed by atoms with E-state index in [0.29, 0.717) is 5.15 Å². The van der Waals surface area contributed by atoms with Gasteiger partial charge in [0.2, 0.25) is 0 Å². The lowest BCUT2D eigenvalue weighted by Crippen LogP contribution is -2.16. The van der Waals surface area contributed by atoms with Crippen molar-refractivity contribution in [1.82, 2.24) is 9.97 Å². The molecule has 4 heteroatoms. The van der Waals surface area contributed by atoms with Gasteiger partial charge >= 0.3 is 0 Å². The molecule has 0 saturated heterocycles. The van der Waals surface area contributed by atoms with E-state index >= 15 is 0 Å². The van der Waals surface area contributed by atoms with Crippen molar-refractivity contribution >= 4 is 11.6 Å². The molecule has 1 aromatic heterocycles. The van der Waals surface area contributed by atoms with Crippen LogP contribution in [0.15, 0.2) is 30.3 Å². The lowest BCUT2D eigenvalue weighted by Gasteiger charge is -2.17. The molecule has 100 valence electrons. The Bertz CT molecular complexity index is 591. The summed E-state index contributed by atoms with van der Waals surface area (Å²) in [7, 11) is 1.65. The molecule has 0 aliphatic heterocycles. The summed E-state index contributed by atoms with van der Waals surface area (Å²) in [4.78, 5) is 8.90. The van der Waals surface area contributed by atoms with Crippen molar-refractivity contribution in [3.05, 3.63) is 41.3 Å². The van der Waals surface area contributed by atoms with Gasteiger partial charge in [0, 0.05) is 17.0 Å². The molecule has 0 N–H and O–H groups in total. The van der Waals surface area contributed by atoms with E-state index in [0.717, 1.165) is 22.8 Å². The van der Waals surface area contributed by atoms with Crippen LogP contribution in [-0.4, -0.2) is 17.1 Å². The Hall–Kier alpha value is -1.61. The van der Waals surface area contributed by atoms with Crippen molar-refractivity contribution in [3.63, 3.8) is 0 Å². The maximum atomic E-state index is 6.10. The highest BCUT2D eigenvalue weighted by Gasteiger charge is 2.19. The Morgan fingerprint density at radius 3 is 2.47 bits per heavy atom. The second-order valence-electron chi connectivity index (χ2n) is 5.38. The fourth-order valence-corrected chi connectivity index (χ4v) is 1.87. The first kappa shape index (κ1) is 13.8. The van der Waals surface area contributed by atoms with Gasteiger partial charge in [0.1, 0.15) is 16.7 Å². The zero-order valence-corrected chi connectivity index (χ0v) is 12.3. The summed E-state index contributed by atoms with van der Waals surface area (Å²) in [6.45, 7) is 6.19. The smallest absolute Gasteiger partial charge is 0.136 e. The molecule has 0 aliphatic carbocycles. The average molecular weight is 277 g/mol. The third-order valence-electron chi connectivity index (χ3n) is 2.73. The fourth-order valence-electron chi connectivity index (χ4n) is 1.68. The summed E-state index contributed by atoms with van der Waals surface area (Å²) in [5.41, 5.74) is 1.64. The first-order chi connectivity index (χ1) is 8.90. The molecular weight excluding hydrogens is 260 g/mol. The quantitative estimate of drug-likeness (QED) is 0.775. The number of halogens is 1. The summed E-state index contributed by atoms with van der Waals surface area (Å²) in [5, 5.41) is 0.456. The zero-order valence-electron chi connectivity index (χ0n) is 11.6. The minimum atomic E-state index is -0.140. The minimum Gasteiger partial charge on any atom is -0.497 e. The molecule has 1 heterocycles. The number of hydrogen-bond donors (Lipinski definition) is 0. The highest BCUT2D eigenvalue weighted by Crippen LogP contribution is 2.27. The lowest BCUT2D eigenvalue weighted by molar-refractivity contribution is 0.415. The average Bonchev–Trinajstić information content (AvgIpc) is 2.37. The molecule has 3 nitrogen and oxygen atoms in total. The van der Waals surface area contributed by atoms with Crippen LogP contribution in [0.2, 0.25) is 5.15 Å². The summed E-state index contributed by atoms with van der Waals surface area (Å²) < 4.78 is 5.23. The molecule has 2 aromatic rings. The van der Waals surface area contributed by atoms with Crippen LogP contribution in [0.1, 0.15) is 26.6 Å². The number of nitrogens with zero attached hydrogens (tertiary/aromatic N) is 2. The minimum absolute atomic E-state index is 0.140. The van der Waals surface area contributed by atoms with E-state index < -0.39 is 0 Å². The Labute approximate surface area is 118 Å². The van der Waals surface area contributed by atoms with Crippen molar-refractivity contribution < 1.29 is 4.74 Å². The van der Waals surface area contributed by atoms with Gasteiger partial charge in [-0.3, -0.25) is 0 Å².